The van der Waals surface area contributed by atoms with E-state index in [0.29, 0.717) is 0 Å². The van der Waals surface area contributed by atoms with Gasteiger partial charge in [0.15, 0.2) is 0 Å². The molecule has 0 amide bonds. The Morgan fingerprint density at radius 2 is 1.43 bits per heavy atom. The van der Waals surface area contributed by atoms with Gasteiger partial charge in [0.05, 0.1) is 5.60 Å². The van der Waals surface area contributed by atoms with Gasteiger partial charge in [-0.1, -0.05) is 32.9 Å². The van der Waals surface area contributed by atoms with Crippen molar-refractivity contribution >= 4 is 5.69 Å². The van der Waals surface area contributed by atoms with Gasteiger partial charge in [-0.25, -0.2) is 0 Å². The van der Waals surface area contributed by atoms with E-state index in [4.69, 9.17) is 5.73 Å². The van der Waals surface area contributed by atoms with Gasteiger partial charge in [-0.05, 0) is 30.0 Å². The minimum absolute atomic E-state index is 0.191. The van der Waals surface area contributed by atoms with Crippen molar-refractivity contribution < 1.29 is 5.11 Å². The highest BCUT2D eigenvalue weighted by molar-refractivity contribution is 5.41. The van der Waals surface area contributed by atoms with E-state index in [9.17, 15) is 5.11 Å². The highest BCUT2D eigenvalue weighted by atomic mass is 16.3. The molecule has 0 heterocycles. The first-order valence-electron chi connectivity index (χ1n) is 4.83. The Bertz CT molecular complexity index is 306. The maximum Gasteiger partial charge on any atom is 0.0916 e. The zero-order valence-electron chi connectivity index (χ0n) is 9.33. The lowest BCUT2D eigenvalue weighted by atomic mass is 9.73. The number of benzene rings is 1. The highest BCUT2D eigenvalue weighted by Gasteiger charge is 2.36. The van der Waals surface area contributed by atoms with Gasteiger partial charge in [0.25, 0.3) is 0 Å². The van der Waals surface area contributed by atoms with Gasteiger partial charge >= 0.3 is 0 Å². The van der Waals surface area contributed by atoms with Crippen molar-refractivity contribution in [2.24, 2.45) is 5.41 Å². The topological polar surface area (TPSA) is 46.2 Å². The second kappa shape index (κ2) is 3.28. The van der Waals surface area contributed by atoms with Gasteiger partial charge < -0.3 is 10.8 Å². The molecule has 0 aromatic heterocycles. The van der Waals surface area contributed by atoms with Crippen LogP contribution in [0.1, 0.15) is 33.3 Å². The summed E-state index contributed by atoms with van der Waals surface area (Å²) in [6.07, 6.45) is 0. The van der Waals surface area contributed by atoms with E-state index in [0.717, 1.165) is 11.3 Å². The summed E-state index contributed by atoms with van der Waals surface area (Å²) >= 11 is 0. The molecule has 3 N–H and O–H groups in total. The Kier molecular flexibility index (Phi) is 2.59. The van der Waals surface area contributed by atoms with Crippen LogP contribution in [0.2, 0.25) is 0 Å². The molecule has 0 spiro atoms. The minimum atomic E-state index is -0.833. The quantitative estimate of drug-likeness (QED) is 0.673. The molecule has 14 heavy (non-hydrogen) atoms. The van der Waals surface area contributed by atoms with E-state index in [1.165, 1.54) is 0 Å². The second-order valence-corrected chi connectivity index (χ2v) is 4.94. The predicted octanol–water partition coefficient (Wildman–Crippen LogP) is 2.52. The third-order valence-electron chi connectivity index (χ3n) is 2.93. The van der Waals surface area contributed by atoms with Crippen LogP contribution in [0.5, 0.6) is 0 Å². The molecule has 1 aromatic carbocycles. The second-order valence-electron chi connectivity index (χ2n) is 4.94. The molecule has 0 fully saturated rings. The normalized spacial score (nSPS) is 16.4. The summed E-state index contributed by atoms with van der Waals surface area (Å²) in [7, 11) is 0. The summed E-state index contributed by atoms with van der Waals surface area (Å²) in [4.78, 5) is 0. The van der Waals surface area contributed by atoms with Gasteiger partial charge in [0.2, 0.25) is 0 Å². The molecule has 1 atom stereocenters. The van der Waals surface area contributed by atoms with Crippen molar-refractivity contribution in [2.75, 3.05) is 5.73 Å². The van der Waals surface area contributed by atoms with E-state index < -0.39 is 5.60 Å². The molecule has 1 unspecified atom stereocenters. The average molecular weight is 193 g/mol. The molecule has 1 rings (SSSR count). The summed E-state index contributed by atoms with van der Waals surface area (Å²) < 4.78 is 0. The fraction of sp³-hybridized carbons (Fsp3) is 0.500. The van der Waals surface area contributed by atoms with Crippen molar-refractivity contribution in [3.63, 3.8) is 0 Å². The molecular weight excluding hydrogens is 174 g/mol. The lowest BCUT2D eigenvalue weighted by molar-refractivity contribution is -0.0470. The van der Waals surface area contributed by atoms with E-state index in [1.54, 1.807) is 0 Å². The molecule has 0 aliphatic rings. The van der Waals surface area contributed by atoms with Gasteiger partial charge in [-0.15, -0.1) is 0 Å². The van der Waals surface area contributed by atoms with Crippen LogP contribution in [0, 0.1) is 5.41 Å². The van der Waals surface area contributed by atoms with Crippen LogP contribution < -0.4 is 5.73 Å². The summed E-state index contributed by atoms with van der Waals surface area (Å²) in [5, 5.41) is 10.4. The van der Waals surface area contributed by atoms with E-state index >= 15 is 0 Å². The van der Waals surface area contributed by atoms with Crippen molar-refractivity contribution in [2.45, 2.75) is 33.3 Å². The van der Waals surface area contributed by atoms with Crippen molar-refractivity contribution in [1.82, 2.24) is 0 Å². The van der Waals surface area contributed by atoms with Gasteiger partial charge in [0, 0.05) is 5.69 Å². The molecule has 0 aliphatic carbocycles. The standard InChI is InChI=1S/C12H19NO/c1-11(2,3)12(4,14)9-5-7-10(13)8-6-9/h5-8,14H,13H2,1-4H3. The molecule has 2 nitrogen and oxygen atoms in total. The van der Waals surface area contributed by atoms with Crippen LogP contribution in [0.4, 0.5) is 5.69 Å². The molecule has 0 aliphatic heterocycles. The first-order chi connectivity index (χ1) is 6.25. The third-order valence-corrected chi connectivity index (χ3v) is 2.93. The molecule has 0 bridgehead atoms. The number of nitrogens with two attached hydrogens (primary N) is 1. The Balaban J connectivity index is 3.10. The van der Waals surface area contributed by atoms with Crippen molar-refractivity contribution in [3.8, 4) is 0 Å². The molecular formula is C12H19NO. The first kappa shape index (κ1) is 11.1. The molecule has 2 heteroatoms. The van der Waals surface area contributed by atoms with Crippen molar-refractivity contribution in [3.05, 3.63) is 29.8 Å². The highest BCUT2D eigenvalue weighted by Crippen LogP contribution is 2.38. The molecule has 78 valence electrons. The van der Waals surface area contributed by atoms with Crippen LogP contribution in [-0.4, -0.2) is 5.11 Å². The number of rotatable bonds is 1. The van der Waals surface area contributed by atoms with Gasteiger partial charge in [0.1, 0.15) is 0 Å². The summed E-state index contributed by atoms with van der Waals surface area (Å²) in [5.41, 5.74) is 6.20. The van der Waals surface area contributed by atoms with E-state index in [2.05, 4.69) is 0 Å². The van der Waals surface area contributed by atoms with Crippen LogP contribution >= 0.6 is 0 Å². The molecule has 1 aromatic rings. The van der Waals surface area contributed by atoms with E-state index in [-0.39, 0.29) is 5.41 Å². The SMILES string of the molecule is CC(C)(C)C(C)(O)c1ccc(N)cc1. The third kappa shape index (κ3) is 1.90. The average Bonchev–Trinajstić information content (AvgIpc) is 2.03. The smallest absolute Gasteiger partial charge is 0.0916 e. The largest absolute Gasteiger partial charge is 0.399 e. The molecule has 0 saturated heterocycles. The Hall–Kier alpha value is -1.02. The Morgan fingerprint density at radius 1 is 1.00 bits per heavy atom. The van der Waals surface area contributed by atoms with Crippen LogP contribution in [0.15, 0.2) is 24.3 Å². The molecule has 0 radical (unpaired) electrons. The summed E-state index contributed by atoms with van der Waals surface area (Å²) in [6, 6.07) is 7.38. The van der Waals surface area contributed by atoms with Crippen LogP contribution in [-0.2, 0) is 5.60 Å². The maximum atomic E-state index is 10.4. The Morgan fingerprint density at radius 3 is 1.79 bits per heavy atom. The predicted molar refractivity (Wildman–Crippen MR) is 59.9 cm³/mol. The number of nitrogen functional groups attached to an aromatic ring is 1. The van der Waals surface area contributed by atoms with Crippen LogP contribution in [0.25, 0.3) is 0 Å². The fourth-order valence-corrected chi connectivity index (χ4v) is 1.24. The number of hydrogen-bond acceptors (Lipinski definition) is 2. The van der Waals surface area contributed by atoms with Gasteiger partial charge in [-0.2, -0.15) is 0 Å². The fourth-order valence-electron chi connectivity index (χ4n) is 1.24. The Labute approximate surface area is 85.8 Å². The number of anilines is 1. The number of hydrogen-bond donors (Lipinski definition) is 2. The van der Waals surface area contributed by atoms with Crippen molar-refractivity contribution in [1.29, 1.82) is 0 Å². The minimum Gasteiger partial charge on any atom is -0.399 e. The monoisotopic (exact) mass is 193 g/mol. The number of aliphatic hydroxyl groups is 1. The van der Waals surface area contributed by atoms with Crippen LogP contribution in [0.3, 0.4) is 0 Å². The first-order valence-corrected chi connectivity index (χ1v) is 4.83. The summed E-state index contributed by atoms with van der Waals surface area (Å²) in [6.45, 7) is 7.88. The van der Waals surface area contributed by atoms with E-state index in [1.807, 2.05) is 52.0 Å². The zero-order chi connectivity index (χ0) is 11.0. The summed E-state index contributed by atoms with van der Waals surface area (Å²) in [5.74, 6) is 0. The lowest BCUT2D eigenvalue weighted by Crippen LogP contribution is -2.36. The molecule has 0 saturated carbocycles. The lowest BCUT2D eigenvalue weighted by Gasteiger charge is -2.37. The van der Waals surface area contributed by atoms with Gasteiger partial charge in [-0.3, -0.25) is 0 Å². The zero-order valence-corrected chi connectivity index (χ0v) is 9.33. The maximum absolute atomic E-state index is 10.4.